The van der Waals surface area contributed by atoms with Crippen LogP contribution >= 0.6 is 0 Å². The van der Waals surface area contributed by atoms with Gasteiger partial charge in [-0.1, -0.05) is 6.92 Å². The fourth-order valence-corrected chi connectivity index (χ4v) is 2.25. The Morgan fingerprint density at radius 2 is 2.18 bits per heavy atom. The Kier molecular flexibility index (Phi) is 5.92. The van der Waals surface area contributed by atoms with Crippen molar-refractivity contribution in [2.24, 2.45) is 0 Å². The van der Waals surface area contributed by atoms with E-state index in [9.17, 15) is 4.79 Å². The maximum atomic E-state index is 12.1. The van der Waals surface area contributed by atoms with Crippen LogP contribution in [0.15, 0.2) is 0 Å². The van der Waals surface area contributed by atoms with Gasteiger partial charge in [0, 0.05) is 25.2 Å². The fraction of sp³-hybridized carbons (Fsp3) is 0.923. The highest BCUT2D eigenvalue weighted by Gasteiger charge is 2.23. The molecule has 0 bridgehead atoms. The Hall–Kier alpha value is -0.610. The summed E-state index contributed by atoms with van der Waals surface area (Å²) in [4.78, 5) is 16.5. The van der Waals surface area contributed by atoms with E-state index >= 15 is 0 Å². The van der Waals surface area contributed by atoms with Gasteiger partial charge in [0.25, 0.3) is 0 Å². The first-order valence-electron chi connectivity index (χ1n) is 6.76. The van der Waals surface area contributed by atoms with Crippen LogP contribution in [0.5, 0.6) is 0 Å². The Balaban J connectivity index is 2.44. The molecule has 1 amide bonds. The predicted octanol–water partition coefficient (Wildman–Crippen LogP) is 0.927. The van der Waals surface area contributed by atoms with Gasteiger partial charge >= 0.3 is 0 Å². The molecule has 1 heterocycles. The predicted molar refractivity (Wildman–Crippen MR) is 71.0 cm³/mol. The third kappa shape index (κ3) is 4.64. The summed E-state index contributed by atoms with van der Waals surface area (Å²) in [5.41, 5.74) is 0. The maximum absolute atomic E-state index is 12.1. The SMILES string of the molecule is CCC(C)NCC(=O)N1CCCN(C)CC1C. The van der Waals surface area contributed by atoms with Crippen LogP contribution in [-0.4, -0.2) is 61.0 Å². The number of amides is 1. The zero-order valence-electron chi connectivity index (χ0n) is 11.7. The standard InChI is InChI=1S/C13H27N3O/c1-5-11(2)14-9-13(17)16-8-6-7-15(4)10-12(16)3/h11-12,14H,5-10H2,1-4H3. The summed E-state index contributed by atoms with van der Waals surface area (Å²) in [6.45, 7) is 9.83. The second-order valence-electron chi connectivity index (χ2n) is 5.24. The van der Waals surface area contributed by atoms with E-state index in [2.05, 4.69) is 38.0 Å². The van der Waals surface area contributed by atoms with Crippen molar-refractivity contribution in [1.29, 1.82) is 0 Å². The first-order valence-corrected chi connectivity index (χ1v) is 6.76. The average molecular weight is 241 g/mol. The minimum atomic E-state index is 0.244. The second-order valence-corrected chi connectivity index (χ2v) is 5.24. The molecule has 17 heavy (non-hydrogen) atoms. The van der Waals surface area contributed by atoms with E-state index in [0.717, 1.165) is 32.5 Å². The molecule has 0 aromatic carbocycles. The highest BCUT2D eigenvalue weighted by atomic mass is 16.2. The first-order chi connectivity index (χ1) is 8.04. The number of likely N-dealkylation sites (N-methyl/N-ethyl adjacent to an activating group) is 1. The number of rotatable bonds is 4. The van der Waals surface area contributed by atoms with Crippen molar-refractivity contribution in [3.63, 3.8) is 0 Å². The number of carbonyl (C=O) groups excluding carboxylic acids is 1. The molecule has 4 nitrogen and oxygen atoms in total. The van der Waals surface area contributed by atoms with E-state index in [1.165, 1.54) is 0 Å². The Morgan fingerprint density at radius 1 is 1.47 bits per heavy atom. The van der Waals surface area contributed by atoms with Crippen LogP contribution in [0.1, 0.15) is 33.6 Å². The number of hydrogen-bond acceptors (Lipinski definition) is 3. The lowest BCUT2D eigenvalue weighted by molar-refractivity contribution is -0.132. The molecule has 1 aliphatic heterocycles. The van der Waals surface area contributed by atoms with Crippen LogP contribution in [0.25, 0.3) is 0 Å². The molecule has 2 unspecified atom stereocenters. The van der Waals surface area contributed by atoms with Crippen molar-refractivity contribution in [2.75, 3.05) is 33.2 Å². The molecule has 2 atom stereocenters. The van der Waals surface area contributed by atoms with Crippen molar-refractivity contribution in [3.05, 3.63) is 0 Å². The topological polar surface area (TPSA) is 35.6 Å². The maximum Gasteiger partial charge on any atom is 0.236 e. The zero-order chi connectivity index (χ0) is 12.8. The molecular formula is C13H27N3O. The molecule has 1 aliphatic rings. The minimum Gasteiger partial charge on any atom is -0.338 e. The summed E-state index contributed by atoms with van der Waals surface area (Å²) >= 11 is 0. The van der Waals surface area contributed by atoms with Gasteiger partial charge in [-0.3, -0.25) is 4.79 Å². The van der Waals surface area contributed by atoms with Gasteiger partial charge in [0.2, 0.25) is 5.91 Å². The molecule has 0 aromatic rings. The molecule has 0 spiro atoms. The zero-order valence-corrected chi connectivity index (χ0v) is 11.7. The van der Waals surface area contributed by atoms with Gasteiger partial charge in [-0.2, -0.15) is 0 Å². The lowest BCUT2D eigenvalue weighted by atomic mass is 10.2. The first kappa shape index (κ1) is 14.5. The van der Waals surface area contributed by atoms with Gasteiger partial charge in [-0.25, -0.2) is 0 Å². The number of carbonyl (C=O) groups is 1. The van der Waals surface area contributed by atoms with Gasteiger partial charge < -0.3 is 15.1 Å². The van der Waals surface area contributed by atoms with Gasteiger partial charge in [-0.15, -0.1) is 0 Å². The minimum absolute atomic E-state index is 0.244. The van der Waals surface area contributed by atoms with Crippen molar-refractivity contribution in [3.8, 4) is 0 Å². The lowest BCUT2D eigenvalue weighted by Crippen LogP contribution is -2.46. The van der Waals surface area contributed by atoms with E-state index in [-0.39, 0.29) is 5.91 Å². The largest absolute Gasteiger partial charge is 0.338 e. The molecule has 0 aromatic heterocycles. The molecule has 1 saturated heterocycles. The second kappa shape index (κ2) is 6.97. The van der Waals surface area contributed by atoms with Crippen LogP contribution in [-0.2, 0) is 4.79 Å². The molecule has 1 N–H and O–H groups in total. The summed E-state index contributed by atoms with van der Waals surface area (Å²) < 4.78 is 0. The molecule has 0 saturated carbocycles. The molecule has 4 heteroatoms. The Morgan fingerprint density at radius 3 is 2.82 bits per heavy atom. The average Bonchev–Trinajstić information content (AvgIpc) is 2.46. The van der Waals surface area contributed by atoms with E-state index in [1.54, 1.807) is 0 Å². The van der Waals surface area contributed by atoms with E-state index in [1.807, 2.05) is 4.90 Å². The number of hydrogen-bond donors (Lipinski definition) is 1. The third-order valence-corrected chi connectivity index (χ3v) is 3.58. The van der Waals surface area contributed by atoms with E-state index in [0.29, 0.717) is 18.6 Å². The van der Waals surface area contributed by atoms with Crippen LogP contribution in [0, 0.1) is 0 Å². The smallest absolute Gasteiger partial charge is 0.236 e. The van der Waals surface area contributed by atoms with Crippen LogP contribution in [0.3, 0.4) is 0 Å². The van der Waals surface area contributed by atoms with Crippen molar-refractivity contribution < 1.29 is 4.79 Å². The summed E-state index contributed by atoms with van der Waals surface area (Å²) in [5, 5.41) is 3.28. The van der Waals surface area contributed by atoms with Crippen LogP contribution in [0.2, 0.25) is 0 Å². The molecule has 1 rings (SSSR count). The van der Waals surface area contributed by atoms with E-state index < -0.39 is 0 Å². The monoisotopic (exact) mass is 241 g/mol. The molecule has 0 aliphatic carbocycles. The van der Waals surface area contributed by atoms with Crippen molar-refractivity contribution in [1.82, 2.24) is 15.1 Å². The van der Waals surface area contributed by atoms with Crippen LogP contribution < -0.4 is 5.32 Å². The summed E-state index contributed by atoms with van der Waals surface area (Å²) in [5.74, 6) is 0.244. The van der Waals surface area contributed by atoms with E-state index in [4.69, 9.17) is 0 Å². The third-order valence-electron chi connectivity index (χ3n) is 3.58. The Bertz CT molecular complexity index is 245. The number of nitrogens with zero attached hydrogens (tertiary/aromatic N) is 2. The summed E-state index contributed by atoms with van der Waals surface area (Å²) in [6.07, 6.45) is 2.14. The molecule has 0 radical (unpaired) electrons. The normalized spacial score (nSPS) is 24.5. The molecule has 100 valence electrons. The molecular weight excluding hydrogens is 214 g/mol. The van der Waals surface area contributed by atoms with Gasteiger partial charge in [0.05, 0.1) is 6.54 Å². The Labute approximate surface area is 105 Å². The lowest BCUT2D eigenvalue weighted by Gasteiger charge is -2.28. The quantitative estimate of drug-likeness (QED) is 0.795. The number of nitrogens with one attached hydrogen (secondary N) is 1. The summed E-state index contributed by atoms with van der Waals surface area (Å²) in [6, 6.07) is 0.748. The highest BCUT2D eigenvalue weighted by molar-refractivity contribution is 5.78. The van der Waals surface area contributed by atoms with Gasteiger partial charge in [0.1, 0.15) is 0 Å². The van der Waals surface area contributed by atoms with Gasteiger partial charge in [-0.05, 0) is 40.3 Å². The molecule has 1 fully saturated rings. The highest BCUT2D eigenvalue weighted by Crippen LogP contribution is 2.08. The van der Waals surface area contributed by atoms with Crippen molar-refractivity contribution in [2.45, 2.75) is 45.7 Å². The summed E-state index contributed by atoms with van der Waals surface area (Å²) in [7, 11) is 2.13. The van der Waals surface area contributed by atoms with Gasteiger partial charge in [0.15, 0.2) is 0 Å². The van der Waals surface area contributed by atoms with Crippen LogP contribution in [0.4, 0.5) is 0 Å². The van der Waals surface area contributed by atoms with Crippen molar-refractivity contribution >= 4 is 5.91 Å². The fourth-order valence-electron chi connectivity index (χ4n) is 2.25.